The van der Waals surface area contributed by atoms with Gasteiger partial charge in [0.05, 0.1) is 5.54 Å². The monoisotopic (exact) mass is 288 g/mol. The summed E-state index contributed by atoms with van der Waals surface area (Å²) in [6.45, 7) is 2.79. The van der Waals surface area contributed by atoms with Crippen molar-refractivity contribution >= 4 is 6.08 Å². The first-order valence-electron chi connectivity index (χ1n) is 7.84. The van der Waals surface area contributed by atoms with E-state index in [4.69, 9.17) is 0 Å². The van der Waals surface area contributed by atoms with Crippen LogP contribution in [0, 0.1) is 5.82 Å². The molecule has 1 aromatic carbocycles. The van der Waals surface area contributed by atoms with Crippen molar-refractivity contribution in [2.75, 3.05) is 13.1 Å². The van der Waals surface area contributed by atoms with Crippen LogP contribution < -0.4 is 0 Å². The van der Waals surface area contributed by atoms with E-state index in [2.05, 4.69) is 9.89 Å². The Morgan fingerprint density at radius 1 is 1.19 bits per heavy atom. The van der Waals surface area contributed by atoms with Crippen LogP contribution in [-0.4, -0.2) is 24.1 Å². The van der Waals surface area contributed by atoms with Crippen LogP contribution in [0.5, 0.6) is 0 Å². The quantitative estimate of drug-likeness (QED) is 0.627. The van der Waals surface area contributed by atoms with Crippen molar-refractivity contribution in [3.8, 4) is 0 Å². The summed E-state index contributed by atoms with van der Waals surface area (Å²) in [5.74, 6) is -0.176. The maximum Gasteiger partial charge on any atom is 0.235 e. The molecule has 0 bridgehead atoms. The summed E-state index contributed by atoms with van der Waals surface area (Å²) in [4.78, 5) is 16.9. The average Bonchev–Trinajstić information content (AvgIpc) is 2.46. The SMILES string of the molecule is O=C=NC1(c2ccc(CN3CCCCC3)c(F)c2)CCC1. The Bertz CT molecular complexity index is 556. The molecule has 1 aliphatic carbocycles. The van der Waals surface area contributed by atoms with Crippen LogP contribution in [0.25, 0.3) is 0 Å². The highest BCUT2D eigenvalue weighted by Gasteiger charge is 2.39. The molecule has 21 heavy (non-hydrogen) atoms. The number of hydrogen-bond donors (Lipinski definition) is 0. The van der Waals surface area contributed by atoms with Gasteiger partial charge in [-0.05, 0) is 56.8 Å². The molecular weight excluding hydrogens is 267 g/mol. The molecule has 112 valence electrons. The Kier molecular flexibility index (Phi) is 4.18. The topological polar surface area (TPSA) is 32.7 Å². The van der Waals surface area contributed by atoms with Crippen LogP contribution in [0.2, 0.25) is 0 Å². The lowest BCUT2D eigenvalue weighted by molar-refractivity contribution is 0.218. The molecule has 2 fully saturated rings. The Balaban J connectivity index is 1.77. The van der Waals surface area contributed by atoms with Crippen molar-refractivity contribution in [2.24, 2.45) is 4.99 Å². The first-order valence-corrected chi connectivity index (χ1v) is 7.84. The summed E-state index contributed by atoms with van der Waals surface area (Å²) in [6.07, 6.45) is 8.00. The molecule has 3 rings (SSSR count). The number of halogens is 1. The predicted octanol–water partition coefficient (Wildman–Crippen LogP) is 3.53. The molecule has 4 heteroatoms. The maximum atomic E-state index is 14.4. The van der Waals surface area contributed by atoms with Crippen molar-refractivity contribution in [1.29, 1.82) is 0 Å². The highest BCUT2D eigenvalue weighted by molar-refractivity contribution is 5.40. The fourth-order valence-electron chi connectivity index (χ4n) is 3.39. The lowest BCUT2D eigenvalue weighted by Gasteiger charge is -2.37. The maximum absolute atomic E-state index is 14.4. The van der Waals surface area contributed by atoms with E-state index in [0.717, 1.165) is 43.5 Å². The van der Waals surface area contributed by atoms with Gasteiger partial charge >= 0.3 is 0 Å². The zero-order valence-electron chi connectivity index (χ0n) is 12.3. The minimum absolute atomic E-state index is 0.176. The second-order valence-electron chi connectivity index (χ2n) is 6.23. The summed E-state index contributed by atoms with van der Waals surface area (Å²) in [6, 6.07) is 5.36. The van der Waals surface area contributed by atoms with E-state index < -0.39 is 5.54 Å². The van der Waals surface area contributed by atoms with Crippen LogP contribution in [0.4, 0.5) is 4.39 Å². The highest BCUT2D eigenvalue weighted by atomic mass is 19.1. The van der Waals surface area contributed by atoms with Gasteiger partial charge in [-0.2, -0.15) is 4.99 Å². The van der Waals surface area contributed by atoms with Gasteiger partial charge in [0.1, 0.15) is 5.82 Å². The molecule has 3 nitrogen and oxygen atoms in total. The van der Waals surface area contributed by atoms with Gasteiger partial charge in [-0.25, -0.2) is 9.18 Å². The molecule has 0 N–H and O–H groups in total. The first-order chi connectivity index (χ1) is 10.2. The Labute approximate surface area is 124 Å². The van der Waals surface area contributed by atoms with Crippen molar-refractivity contribution in [3.05, 3.63) is 35.1 Å². The molecular formula is C17H21FN2O. The van der Waals surface area contributed by atoms with E-state index in [1.54, 1.807) is 12.1 Å². The van der Waals surface area contributed by atoms with Crippen LogP contribution in [0.15, 0.2) is 23.2 Å². The second-order valence-corrected chi connectivity index (χ2v) is 6.23. The minimum atomic E-state index is -0.508. The molecule has 1 aliphatic heterocycles. The number of nitrogens with zero attached hydrogens (tertiary/aromatic N) is 2. The number of isocyanates is 1. The summed E-state index contributed by atoms with van der Waals surface area (Å²) in [7, 11) is 0. The van der Waals surface area contributed by atoms with Crippen LogP contribution in [-0.2, 0) is 16.9 Å². The Morgan fingerprint density at radius 3 is 2.52 bits per heavy atom. The van der Waals surface area contributed by atoms with E-state index in [1.165, 1.54) is 19.3 Å². The van der Waals surface area contributed by atoms with Gasteiger partial charge in [-0.15, -0.1) is 0 Å². The molecule has 0 radical (unpaired) electrons. The third-order valence-corrected chi connectivity index (χ3v) is 4.87. The van der Waals surface area contributed by atoms with Gasteiger partial charge in [0, 0.05) is 12.1 Å². The van der Waals surface area contributed by atoms with Gasteiger partial charge in [-0.3, -0.25) is 4.90 Å². The summed E-state index contributed by atoms with van der Waals surface area (Å²) < 4.78 is 14.4. The van der Waals surface area contributed by atoms with Crippen molar-refractivity contribution < 1.29 is 9.18 Å². The normalized spacial score (nSPS) is 21.4. The third-order valence-electron chi connectivity index (χ3n) is 4.87. The molecule has 1 saturated heterocycles. The minimum Gasteiger partial charge on any atom is -0.299 e. The van der Waals surface area contributed by atoms with E-state index in [9.17, 15) is 9.18 Å². The molecule has 0 atom stereocenters. The number of aliphatic imine (C=N–C) groups is 1. The first kappa shape index (κ1) is 14.4. The Morgan fingerprint density at radius 2 is 1.95 bits per heavy atom. The number of likely N-dealkylation sites (tertiary alicyclic amines) is 1. The zero-order valence-corrected chi connectivity index (χ0v) is 12.3. The molecule has 1 heterocycles. The van der Waals surface area contributed by atoms with Gasteiger partial charge in [0.25, 0.3) is 0 Å². The number of carbonyl (C=O) groups excluding carboxylic acids is 1. The average molecular weight is 288 g/mol. The number of rotatable bonds is 4. The van der Waals surface area contributed by atoms with Crippen LogP contribution in [0.3, 0.4) is 0 Å². The van der Waals surface area contributed by atoms with Gasteiger partial charge in [0.2, 0.25) is 6.08 Å². The number of piperidine rings is 1. The second kappa shape index (κ2) is 6.08. The molecule has 0 aromatic heterocycles. The van der Waals surface area contributed by atoms with Crippen molar-refractivity contribution in [3.63, 3.8) is 0 Å². The largest absolute Gasteiger partial charge is 0.299 e. The molecule has 2 aliphatic rings. The lowest BCUT2D eigenvalue weighted by atomic mass is 9.72. The van der Waals surface area contributed by atoms with E-state index in [0.29, 0.717) is 6.54 Å². The molecule has 1 aromatic rings. The smallest absolute Gasteiger partial charge is 0.235 e. The van der Waals surface area contributed by atoms with Crippen LogP contribution in [0.1, 0.15) is 49.7 Å². The molecule has 0 spiro atoms. The molecule has 0 unspecified atom stereocenters. The Hall–Kier alpha value is -1.51. The fourth-order valence-corrected chi connectivity index (χ4v) is 3.39. The highest BCUT2D eigenvalue weighted by Crippen LogP contribution is 2.45. The predicted molar refractivity (Wildman–Crippen MR) is 79.2 cm³/mol. The van der Waals surface area contributed by atoms with Crippen molar-refractivity contribution in [1.82, 2.24) is 4.90 Å². The van der Waals surface area contributed by atoms with Gasteiger partial charge in [-0.1, -0.05) is 18.6 Å². The lowest BCUT2D eigenvalue weighted by Crippen LogP contribution is -2.32. The summed E-state index contributed by atoms with van der Waals surface area (Å²) in [5, 5.41) is 0. The summed E-state index contributed by atoms with van der Waals surface area (Å²) >= 11 is 0. The van der Waals surface area contributed by atoms with E-state index in [-0.39, 0.29) is 5.82 Å². The number of hydrogen-bond acceptors (Lipinski definition) is 3. The molecule has 1 saturated carbocycles. The van der Waals surface area contributed by atoms with Gasteiger partial charge in [0.15, 0.2) is 0 Å². The molecule has 0 amide bonds. The van der Waals surface area contributed by atoms with E-state index in [1.807, 2.05) is 12.1 Å². The number of benzene rings is 1. The van der Waals surface area contributed by atoms with E-state index >= 15 is 0 Å². The van der Waals surface area contributed by atoms with Crippen LogP contribution >= 0.6 is 0 Å². The standard InChI is InChI=1S/C17H21FN2O/c18-16-11-15(17(19-13-21)7-4-8-17)6-5-14(16)12-20-9-2-1-3-10-20/h5-6,11H,1-4,7-10,12H2. The zero-order chi connectivity index (χ0) is 14.7. The van der Waals surface area contributed by atoms with Gasteiger partial charge < -0.3 is 0 Å². The van der Waals surface area contributed by atoms with Crippen molar-refractivity contribution in [2.45, 2.75) is 50.6 Å². The fraction of sp³-hybridized carbons (Fsp3) is 0.588. The summed E-state index contributed by atoms with van der Waals surface area (Å²) in [5.41, 5.74) is 1.05. The third kappa shape index (κ3) is 2.92.